The molecule has 0 spiro atoms. The molecule has 2 N–H and O–H groups in total. The van der Waals surface area contributed by atoms with E-state index in [1.54, 1.807) is 0 Å². The third kappa shape index (κ3) is 5.34. The second-order valence-electron chi connectivity index (χ2n) is 5.33. The zero-order chi connectivity index (χ0) is 21.1. The first-order valence-corrected chi connectivity index (χ1v) is 7.32. The number of alkyl halides is 6. The van der Waals surface area contributed by atoms with Crippen LogP contribution < -0.4 is 5.32 Å². The summed E-state index contributed by atoms with van der Waals surface area (Å²) in [4.78, 5) is 37.4. The average Bonchev–Trinajstić information content (AvgIpc) is 3.12. The van der Waals surface area contributed by atoms with Crippen LogP contribution in [0.3, 0.4) is 0 Å². The van der Waals surface area contributed by atoms with Gasteiger partial charge in [0.25, 0.3) is 11.8 Å². The smallest absolute Gasteiger partial charge is 0.416 e. The fraction of sp³-hybridized carbons (Fsp3) is 0.188. The number of hydrogen-bond acceptors (Lipinski definition) is 4. The molecule has 1 aromatic heterocycles. The number of esters is 1. The second kappa shape index (κ2) is 7.74. The van der Waals surface area contributed by atoms with Gasteiger partial charge in [-0.3, -0.25) is 14.9 Å². The number of carbonyl (C=O) groups is 3. The number of benzene rings is 1. The van der Waals surface area contributed by atoms with Crippen LogP contribution in [-0.2, 0) is 21.9 Å². The lowest BCUT2D eigenvalue weighted by Crippen LogP contribution is -2.34. The number of imide groups is 1. The van der Waals surface area contributed by atoms with Crippen molar-refractivity contribution in [3.8, 4) is 0 Å². The third-order valence-electron chi connectivity index (χ3n) is 3.25. The second-order valence-corrected chi connectivity index (χ2v) is 5.33. The molecule has 1 aromatic carbocycles. The molecule has 0 aliphatic rings. The van der Waals surface area contributed by atoms with E-state index < -0.39 is 53.4 Å². The fourth-order valence-electron chi connectivity index (χ4n) is 1.99. The van der Waals surface area contributed by atoms with Crippen molar-refractivity contribution in [3.63, 3.8) is 0 Å². The SMILES string of the molecule is O=C(COC(=O)c1cc(C(F)(F)F)cc(C(F)(F)F)c1)NC(=O)c1ccc[nH]1. The summed E-state index contributed by atoms with van der Waals surface area (Å²) in [5.41, 5.74) is -4.46. The number of ether oxygens (including phenoxy) is 1. The van der Waals surface area contributed by atoms with Gasteiger partial charge in [0, 0.05) is 6.20 Å². The maximum absolute atomic E-state index is 12.8. The Morgan fingerprint density at radius 1 is 0.964 bits per heavy atom. The molecule has 2 aromatic rings. The number of aromatic nitrogens is 1. The highest BCUT2D eigenvalue weighted by molar-refractivity contribution is 6.04. The summed E-state index contributed by atoms with van der Waals surface area (Å²) in [6.07, 6.45) is -8.89. The van der Waals surface area contributed by atoms with Crippen LogP contribution in [0.2, 0.25) is 0 Å². The molecule has 2 amide bonds. The van der Waals surface area contributed by atoms with Gasteiger partial charge in [0.1, 0.15) is 5.69 Å². The number of aromatic amines is 1. The molecule has 0 aliphatic carbocycles. The molecule has 0 unspecified atom stereocenters. The summed E-state index contributed by atoms with van der Waals surface area (Å²) < 4.78 is 81.0. The van der Waals surface area contributed by atoms with Crippen LogP contribution >= 0.6 is 0 Å². The quantitative estimate of drug-likeness (QED) is 0.601. The van der Waals surface area contributed by atoms with Crippen LogP contribution in [0.1, 0.15) is 32.0 Å². The molecule has 0 saturated carbocycles. The molecule has 0 atom stereocenters. The maximum atomic E-state index is 12.8. The Bertz CT molecular complexity index is 855. The van der Waals surface area contributed by atoms with Gasteiger partial charge in [-0.2, -0.15) is 26.3 Å². The Labute approximate surface area is 152 Å². The summed E-state index contributed by atoms with van der Waals surface area (Å²) >= 11 is 0. The van der Waals surface area contributed by atoms with Crippen molar-refractivity contribution in [2.45, 2.75) is 12.4 Å². The molecule has 6 nitrogen and oxygen atoms in total. The molecular weight excluding hydrogens is 398 g/mol. The zero-order valence-corrected chi connectivity index (χ0v) is 13.6. The van der Waals surface area contributed by atoms with Gasteiger partial charge in [-0.25, -0.2) is 4.79 Å². The van der Waals surface area contributed by atoms with E-state index in [0.717, 1.165) is 0 Å². The summed E-state index contributed by atoms with van der Waals surface area (Å²) in [7, 11) is 0. The molecule has 0 saturated heterocycles. The highest BCUT2D eigenvalue weighted by Gasteiger charge is 2.37. The predicted octanol–water partition coefficient (Wildman–Crippen LogP) is 3.17. The maximum Gasteiger partial charge on any atom is 0.416 e. The van der Waals surface area contributed by atoms with E-state index in [4.69, 9.17) is 0 Å². The van der Waals surface area contributed by atoms with Gasteiger partial charge >= 0.3 is 18.3 Å². The summed E-state index contributed by atoms with van der Waals surface area (Å²) in [5, 5.41) is 1.81. The molecule has 2 rings (SSSR count). The van der Waals surface area contributed by atoms with Gasteiger partial charge in [-0.15, -0.1) is 0 Å². The molecule has 0 radical (unpaired) electrons. The van der Waals surface area contributed by atoms with Crippen LogP contribution in [0.15, 0.2) is 36.5 Å². The monoisotopic (exact) mass is 408 g/mol. The summed E-state index contributed by atoms with van der Waals surface area (Å²) in [6.45, 7) is -1.09. The fourth-order valence-corrected chi connectivity index (χ4v) is 1.99. The number of carbonyl (C=O) groups excluding carboxylic acids is 3. The molecule has 150 valence electrons. The van der Waals surface area contributed by atoms with Crippen LogP contribution in [0.25, 0.3) is 0 Å². The lowest BCUT2D eigenvalue weighted by Gasteiger charge is -2.13. The lowest BCUT2D eigenvalue weighted by atomic mass is 10.0. The average molecular weight is 408 g/mol. The van der Waals surface area contributed by atoms with Gasteiger partial charge in [-0.1, -0.05) is 0 Å². The molecule has 0 fully saturated rings. The van der Waals surface area contributed by atoms with E-state index in [-0.39, 0.29) is 23.9 Å². The first kappa shape index (κ1) is 21.0. The predicted molar refractivity (Wildman–Crippen MR) is 80.0 cm³/mol. The van der Waals surface area contributed by atoms with Crippen molar-refractivity contribution in [2.24, 2.45) is 0 Å². The molecule has 0 bridgehead atoms. The number of halogens is 6. The van der Waals surface area contributed by atoms with E-state index >= 15 is 0 Å². The van der Waals surface area contributed by atoms with E-state index in [1.165, 1.54) is 18.3 Å². The molecule has 28 heavy (non-hydrogen) atoms. The van der Waals surface area contributed by atoms with Gasteiger partial charge in [-0.05, 0) is 30.3 Å². The van der Waals surface area contributed by atoms with E-state index in [9.17, 15) is 40.7 Å². The highest BCUT2D eigenvalue weighted by Crippen LogP contribution is 2.36. The highest BCUT2D eigenvalue weighted by atomic mass is 19.4. The zero-order valence-electron chi connectivity index (χ0n) is 13.6. The summed E-state index contributed by atoms with van der Waals surface area (Å²) in [6, 6.07) is 2.97. The Hall–Kier alpha value is -3.31. The van der Waals surface area contributed by atoms with Crippen molar-refractivity contribution in [3.05, 3.63) is 58.9 Å². The Morgan fingerprint density at radius 2 is 1.54 bits per heavy atom. The number of amides is 2. The standard InChI is InChI=1S/C16H10F6N2O4/c17-15(18,19)9-4-8(5-10(6-9)16(20,21)22)14(27)28-7-12(25)24-13(26)11-2-1-3-23-11/h1-6,23H,7H2,(H,24,25,26). The van der Waals surface area contributed by atoms with Crippen molar-refractivity contribution >= 4 is 17.8 Å². The Morgan fingerprint density at radius 3 is 2.00 bits per heavy atom. The van der Waals surface area contributed by atoms with Crippen LogP contribution in [-0.4, -0.2) is 29.4 Å². The number of rotatable bonds is 4. The molecular formula is C16H10F6N2O4. The Balaban J connectivity index is 2.11. The minimum Gasteiger partial charge on any atom is -0.452 e. The van der Waals surface area contributed by atoms with Crippen molar-refractivity contribution in [1.29, 1.82) is 0 Å². The van der Waals surface area contributed by atoms with Gasteiger partial charge in [0.05, 0.1) is 16.7 Å². The molecule has 0 aliphatic heterocycles. The lowest BCUT2D eigenvalue weighted by molar-refractivity contribution is -0.143. The third-order valence-corrected chi connectivity index (χ3v) is 3.25. The van der Waals surface area contributed by atoms with E-state index in [1.807, 2.05) is 5.32 Å². The van der Waals surface area contributed by atoms with E-state index in [2.05, 4.69) is 9.72 Å². The minimum atomic E-state index is -5.14. The van der Waals surface area contributed by atoms with Crippen LogP contribution in [0, 0.1) is 0 Å². The van der Waals surface area contributed by atoms with Crippen molar-refractivity contribution in [1.82, 2.24) is 10.3 Å². The largest absolute Gasteiger partial charge is 0.452 e. The number of nitrogens with one attached hydrogen (secondary N) is 2. The first-order valence-electron chi connectivity index (χ1n) is 7.32. The Kier molecular flexibility index (Phi) is 5.81. The van der Waals surface area contributed by atoms with Gasteiger partial charge < -0.3 is 9.72 Å². The van der Waals surface area contributed by atoms with Crippen molar-refractivity contribution < 1.29 is 45.5 Å². The van der Waals surface area contributed by atoms with Crippen molar-refractivity contribution in [2.75, 3.05) is 6.61 Å². The number of hydrogen-bond donors (Lipinski definition) is 2. The van der Waals surface area contributed by atoms with Gasteiger partial charge in [0.15, 0.2) is 6.61 Å². The normalized spacial score (nSPS) is 11.8. The van der Waals surface area contributed by atoms with Gasteiger partial charge in [0.2, 0.25) is 0 Å². The first-order chi connectivity index (χ1) is 12.9. The minimum absolute atomic E-state index is 0.00683. The topological polar surface area (TPSA) is 88.3 Å². The van der Waals surface area contributed by atoms with E-state index in [0.29, 0.717) is 0 Å². The van der Waals surface area contributed by atoms with Crippen LogP contribution in [0.4, 0.5) is 26.3 Å². The molecule has 1 heterocycles. The molecule has 12 heteroatoms. The van der Waals surface area contributed by atoms with Crippen LogP contribution in [0.5, 0.6) is 0 Å². The number of H-pyrrole nitrogens is 1. The summed E-state index contributed by atoms with van der Waals surface area (Å²) in [5.74, 6) is -3.60.